The molecule has 0 saturated heterocycles. The maximum Gasteiger partial charge on any atom is 0.416 e. The van der Waals surface area contributed by atoms with Crippen LogP contribution >= 0.6 is 0 Å². The van der Waals surface area contributed by atoms with E-state index in [2.05, 4.69) is 11.4 Å². The summed E-state index contributed by atoms with van der Waals surface area (Å²) < 4.78 is 41.0. The van der Waals surface area contributed by atoms with Crippen LogP contribution in [-0.4, -0.2) is 46.0 Å². The van der Waals surface area contributed by atoms with Crippen molar-refractivity contribution >= 4 is 11.8 Å². The molecule has 0 radical (unpaired) electrons. The number of Topliss-reactive ketones (excluding diaryl/α,β-unsaturated/α-hetero) is 1. The molecule has 6 rings (SSSR count). The summed E-state index contributed by atoms with van der Waals surface area (Å²) in [5.74, 6) is 0.431. The van der Waals surface area contributed by atoms with Crippen molar-refractivity contribution in [2.24, 2.45) is 11.8 Å². The van der Waals surface area contributed by atoms with E-state index >= 15 is 0 Å². The van der Waals surface area contributed by atoms with Crippen LogP contribution in [0.15, 0.2) is 53.3 Å². The van der Waals surface area contributed by atoms with Crippen LogP contribution in [0.3, 0.4) is 0 Å². The van der Waals surface area contributed by atoms with Crippen molar-refractivity contribution in [2.75, 3.05) is 6.54 Å². The fourth-order valence-corrected chi connectivity index (χ4v) is 6.88. The molecule has 198 valence electrons. The number of nitrogens with one attached hydrogen (secondary N) is 1. The fraction of sp³-hybridized carbons (Fsp3) is 0.483. The smallest absolute Gasteiger partial charge is 0.294 e. The monoisotopic (exact) mass is 522 g/mol. The minimum absolute atomic E-state index is 0.0742. The van der Waals surface area contributed by atoms with Gasteiger partial charge in [0.25, 0.3) is 0 Å². The summed E-state index contributed by atoms with van der Waals surface area (Å²) in [4.78, 5) is 31.5. The molecular weight excluding hydrogens is 493 g/mol. The van der Waals surface area contributed by atoms with Gasteiger partial charge in [-0.15, -0.1) is 0 Å². The molecule has 9 heteroatoms. The van der Waals surface area contributed by atoms with Crippen molar-refractivity contribution < 1.29 is 22.8 Å². The van der Waals surface area contributed by atoms with Crippen LogP contribution in [0.1, 0.15) is 61.8 Å². The number of carbonyl (C=O) groups excluding carboxylic acids is 2. The Morgan fingerprint density at radius 2 is 1.97 bits per heavy atom. The molecule has 0 aromatic heterocycles. The Balaban J connectivity index is 1.56. The number of allylic oxidation sites excluding steroid dienone is 3. The zero-order valence-corrected chi connectivity index (χ0v) is 21.3. The van der Waals surface area contributed by atoms with E-state index in [1.54, 1.807) is 17.0 Å². The lowest BCUT2D eigenvalue weighted by Crippen LogP contribution is -2.64. The van der Waals surface area contributed by atoms with Crippen LogP contribution in [-0.2, 0) is 4.79 Å². The molecule has 4 unspecified atom stereocenters. The summed E-state index contributed by atoms with van der Waals surface area (Å²) >= 11 is 0. The molecular formula is C29H29F3N4O2. The second-order valence-corrected chi connectivity index (χ2v) is 10.9. The maximum absolute atomic E-state index is 14.6. The zero-order valence-electron chi connectivity index (χ0n) is 21.3. The first-order chi connectivity index (χ1) is 18.1. The van der Waals surface area contributed by atoms with Crippen LogP contribution < -0.4 is 5.32 Å². The third kappa shape index (κ3) is 3.57. The van der Waals surface area contributed by atoms with E-state index in [9.17, 15) is 28.0 Å². The highest BCUT2D eigenvalue weighted by atomic mass is 19.4. The van der Waals surface area contributed by atoms with E-state index < -0.39 is 29.5 Å². The summed E-state index contributed by atoms with van der Waals surface area (Å²) in [6.07, 6.45) is 1.65. The average Bonchev–Trinajstić information content (AvgIpc) is 3.79. The van der Waals surface area contributed by atoms with Crippen molar-refractivity contribution in [1.29, 1.82) is 5.26 Å². The van der Waals surface area contributed by atoms with Crippen molar-refractivity contribution in [3.8, 4) is 6.07 Å². The van der Waals surface area contributed by atoms with Crippen molar-refractivity contribution in [2.45, 2.75) is 69.9 Å². The van der Waals surface area contributed by atoms with Crippen LogP contribution in [0.4, 0.5) is 18.0 Å². The number of fused-ring (bicyclic) bond motifs is 1. The van der Waals surface area contributed by atoms with E-state index in [0.717, 1.165) is 29.7 Å². The van der Waals surface area contributed by atoms with Gasteiger partial charge in [0.1, 0.15) is 5.66 Å². The lowest BCUT2D eigenvalue weighted by molar-refractivity contribution is -0.117. The maximum atomic E-state index is 14.6. The molecule has 4 atom stereocenters. The standard InChI is InChI=1S/C29H29F3N4O2/c1-3-34-28(21-14-22(21)28)36-26(20-11-10-17(15-33)12-16(20)2)25-23(8-5-9-24(25)37)35(27(36)38)19-7-4-6-18(13-19)29(30,31)32/h4,6,10-13,19,21-22,26,34H,3,5,7-9,14H2,1-2H3. The van der Waals surface area contributed by atoms with Gasteiger partial charge < -0.3 is 0 Å². The van der Waals surface area contributed by atoms with Crippen LogP contribution in [0.25, 0.3) is 0 Å². The zero-order chi connectivity index (χ0) is 27.0. The predicted octanol–water partition coefficient (Wildman–Crippen LogP) is 5.43. The molecule has 6 nitrogen and oxygen atoms in total. The second-order valence-electron chi connectivity index (χ2n) is 10.9. The number of nitrogens with zero attached hydrogens (tertiary/aromatic N) is 3. The molecule has 1 aliphatic heterocycles. The Morgan fingerprint density at radius 1 is 1.21 bits per heavy atom. The Labute approximate surface area is 219 Å². The Morgan fingerprint density at radius 3 is 2.58 bits per heavy atom. The van der Waals surface area contributed by atoms with Gasteiger partial charge in [0, 0.05) is 29.5 Å². The van der Waals surface area contributed by atoms with Gasteiger partial charge in [0.2, 0.25) is 0 Å². The highest BCUT2D eigenvalue weighted by Crippen LogP contribution is 2.74. The van der Waals surface area contributed by atoms with Gasteiger partial charge in [0.15, 0.2) is 5.78 Å². The van der Waals surface area contributed by atoms with Gasteiger partial charge in [0.05, 0.1) is 29.3 Å². The molecule has 1 N–H and O–H groups in total. The van der Waals surface area contributed by atoms with E-state index in [1.807, 2.05) is 19.9 Å². The summed E-state index contributed by atoms with van der Waals surface area (Å²) in [6, 6.07) is 5.56. The van der Waals surface area contributed by atoms with Gasteiger partial charge in [-0.1, -0.05) is 25.1 Å². The molecule has 1 aromatic rings. The van der Waals surface area contributed by atoms with Gasteiger partial charge in [-0.25, -0.2) is 4.79 Å². The number of nitriles is 1. The van der Waals surface area contributed by atoms with Gasteiger partial charge in [-0.05, 0) is 68.5 Å². The third-order valence-electron chi connectivity index (χ3n) is 8.73. The number of rotatable bonds is 5. The Kier molecular flexibility index (Phi) is 5.62. The van der Waals surface area contributed by atoms with Crippen molar-refractivity contribution in [3.05, 3.63) is 70.0 Å². The number of hydrogen-bond donors (Lipinski definition) is 1. The minimum atomic E-state index is -4.53. The lowest BCUT2D eigenvalue weighted by atomic mass is 9.80. The molecule has 2 saturated carbocycles. The fourth-order valence-electron chi connectivity index (χ4n) is 6.88. The summed E-state index contributed by atoms with van der Waals surface area (Å²) in [6.45, 7) is 4.45. The molecule has 4 aliphatic carbocycles. The topological polar surface area (TPSA) is 76.4 Å². The second kappa shape index (κ2) is 8.57. The number of halogens is 3. The quantitative estimate of drug-likeness (QED) is 0.560. The molecule has 2 amide bonds. The van der Waals surface area contributed by atoms with Crippen molar-refractivity contribution in [3.63, 3.8) is 0 Å². The van der Waals surface area contributed by atoms with Crippen LogP contribution in [0.2, 0.25) is 0 Å². The average molecular weight is 523 g/mol. The number of ketones is 1. The van der Waals surface area contributed by atoms with Crippen LogP contribution in [0, 0.1) is 30.1 Å². The number of aryl methyl sites for hydroxylation is 1. The minimum Gasteiger partial charge on any atom is -0.294 e. The summed E-state index contributed by atoms with van der Waals surface area (Å²) in [5, 5.41) is 12.9. The molecule has 1 heterocycles. The highest BCUT2D eigenvalue weighted by Gasteiger charge is 2.81. The first kappa shape index (κ1) is 24.9. The number of hydrogen-bond acceptors (Lipinski definition) is 4. The van der Waals surface area contributed by atoms with E-state index in [0.29, 0.717) is 42.6 Å². The molecule has 5 aliphatic rings. The number of alkyl halides is 3. The molecule has 1 aromatic carbocycles. The number of benzene rings is 1. The number of urea groups is 1. The number of carbonyl (C=O) groups is 2. The Bertz CT molecular complexity index is 1360. The number of amides is 2. The van der Waals surface area contributed by atoms with Gasteiger partial charge in [-0.3, -0.25) is 19.9 Å². The first-order valence-corrected chi connectivity index (χ1v) is 13.2. The molecule has 0 bridgehead atoms. The summed E-state index contributed by atoms with van der Waals surface area (Å²) in [5.41, 5.74) is 1.69. The normalized spacial score (nSPS) is 32.1. The van der Waals surface area contributed by atoms with Gasteiger partial charge in [-0.2, -0.15) is 18.4 Å². The largest absolute Gasteiger partial charge is 0.416 e. The van der Waals surface area contributed by atoms with E-state index in [4.69, 9.17) is 0 Å². The first-order valence-electron chi connectivity index (χ1n) is 13.2. The SMILES string of the molecule is CCNC1(N2C(=O)N(C3C=C(C(F)(F)F)C=CC3)C3=C(C(=O)CCC3)C2c2ccc(C#N)cc2C)C2CC21. The Hall–Kier alpha value is -3.38. The van der Waals surface area contributed by atoms with Crippen LogP contribution in [0.5, 0.6) is 0 Å². The summed E-state index contributed by atoms with van der Waals surface area (Å²) in [7, 11) is 0. The lowest BCUT2D eigenvalue weighted by Gasteiger charge is -2.52. The molecule has 2 fully saturated rings. The molecule has 38 heavy (non-hydrogen) atoms. The highest BCUT2D eigenvalue weighted by molar-refractivity contribution is 6.01. The van der Waals surface area contributed by atoms with E-state index in [-0.39, 0.29) is 30.1 Å². The van der Waals surface area contributed by atoms with Gasteiger partial charge >= 0.3 is 12.2 Å². The van der Waals surface area contributed by atoms with E-state index in [1.165, 1.54) is 11.0 Å². The van der Waals surface area contributed by atoms with Crippen molar-refractivity contribution in [1.82, 2.24) is 15.1 Å². The third-order valence-corrected chi connectivity index (χ3v) is 8.73. The molecule has 0 spiro atoms. The predicted molar refractivity (Wildman–Crippen MR) is 133 cm³/mol.